The standard InChI is InChI=1S/C15H9ClF2IN5O2S2/c16-8-3-7(28(25,26)23-15(6-20)1-2-15)5-24-10(4-9(19)11(8)24)13-21-22-14(27-13)12(17)18/h3-5,12,23H,1-2H2. The first-order valence-corrected chi connectivity index (χ1v) is 11.5. The zero-order chi connectivity index (χ0) is 20.3. The number of sulfonamides is 1. The van der Waals surface area contributed by atoms with Gasteiger partial charge in [0.15, 0.2) is 10.0 Å². The van der Waals surface area contributed by atoms with E-state index in [1.807, 2.05) is 28.7 Å². The number of nitrogens with zero attached hydrogens (tertiary/aromatic N) is 4. The number of alkyl halides is 2. The summed E-state index contributed by atoms with van der Waals surface area (Å²) in [6, 6.07) is 4.93. The van der Waals surface area contributed by atoms with Gasteiger partial charge in [0.2, 0.25) is 10.0 Å². The minimum absolute atomic E-state index is 0.140. The molecule has 1 saturated carbocycles. The number of fused-ring (bicyclic) bond motifs is 1. The highest BCUT2D eigenvalue weighted by atomic mass is 127. The SMILES string of the molecule is N#CC1(NS(=O)(=O)c2cc(Cl)c3c(I)cc(-c4nnc(C(F)F)s4)n3c2)CC1. The number of rotatable bonds is 5. The molecule has 0 saturated heterocycles. The van der Waals surface area contributed by atoms with Crippen LogP contribution in [0.3, 0.4) is 0 Å². The van der Waals surface area contributed by atoms with Crippen LogP contribution in [0.25, 0.3) is 16.2 Å². The average Bonchev–Trinajstić information content (AvgIpc) is 3.07. The molecule has 0 spiro atoms. The molecule has 0 radical (unpaired) electrons. The van der Waals surface area contributed by atoms with Crippen LogP contribution in [-0.4, -0.2) is 28.6 Å². The van der Waals surface area contributed by atoms with E-state index >= 15 is 0 Å². The minimum atomic E-state index is -4.01. The third kappa shape index (κ3) is 3.39. The molecule has 1 aliphatic carbocycles. The van der Waals surface area contributed by atoms with Gasteiger partial charge in [-0.25, -0.2) is 17.2 Å². The quantitative estimate of drug-likeness (QED) is 0.480. The van der Waals surface area contributed by atoms with Crippen molar-refractivity contribution < 1.29 is 17.2 Å². The Hall–Kier alpha value is -1.40. The molecule has 0 aromatic carbocycles. The van der Waals surface area contributed by atoms with Crippen LogP contribution >= 0.6 is 45.5 Å². The van der Waals surface area contributed by atoms with E-state index in [2.05, 4.69) is 14.9 Å². The molecule has 0 aliphatic heterocycles. The molecule has 28 heavy (non-hydrogen) atoms. The summed E-state index contributed by atoms with van der Waals surface area (Å²) in [5.41, 5.74) is -0.171. The Bertz CT molecular complexity index is 1250. The van der Waals surface area contributed by atoms with Gasteiger partial charge < -0.3 is 4.40 Å². The molecule has 1 aliphatic rings. The summed E-state index contributed by atoms with van der Waals surface area (Å²) in [6.07, 6.45) is -0.544. The molecule has 0 atom stereocenters. The molecule has 13 heteroatoms. The first-order valence-electron chi connectivity index (χ1n) is 7.73. The topological polar surface area (TPSA) is 100 Å². The fourth-order valence-electron chi connectivity index (χ4n) is 2.63. The molecule has 0 bridgehead atoms. The summed E-state index contributed by atoms with van der Waals surface area (Å²) >= 11 is 9.05. The van der Waals surface area contributed by atoms with Gasteiger partial charge in [-0.15, -0.1) is 10.2 Å². The fourth-order valence-corrected chi connectivity index (χ4v) is 6.12. The van der Waals surface area contributed by atoms with Gasteiger partial charge in [-0.05, 0) is 47.6 Å². The van der Waals surface area contributed by atoms with Crippen LogP contribution in [0.5, 0.6) is 0 Å². The molecule has 7 nitrogen and oxygen atoms in total. The highest BCUT2D eigenvalue weighted by molar-refractivity contribution is 14.1. The van der Waals surface area contributed by atoms with Gasteiger partial charge in [0.1, 0.15) is 10.4 Å². The Morgan fingerprint density at radius 1 is 1.39 bits per heavy atom. The van der Waals surface area contributed by atoms with Crippen LogP contribution < -0.4 is 4.72 Å². The lowest BCUT2D eigenvalue weighted by atomic mass is 10.3. The van der Waals surface area contributed by atoms with Crippen molar-refractivity contribution in [2.45, 2.75) is 29.7 Å². The second-order valence-corrected chi connectivity index (χ2v) is 10.4. The van der Waals surface area contributed by atoms with E-state index in [1.54, 1.807) is 6.07 Å². The van der Waals surface area contributed by atoms with Crippen molar-refractivity contribution in [3.63, 3.8) is 0 Å². The second-order valence-electron chi connectivity index (χ2n) is 6.17. The zero-order valence-corrected chi connectivity index (χ0v) is 18.2. The summed E-state index contributed by atoms with van der Waals surface area (Å²) in [6.45, 7) is 0. The Balaban J connectivity index is 1.86. The van der Waals surface area contributed by atoms with Gasteiger partial charge in [0.05, 0.1) is 22.3 Å². The van der Waals surface area contributed by atoms with Crippen LogP contribution in [0.1, 0.15) is 24.3 Å². The number of nitrogens with one attached hydrogen (secondary N) is 1. The number of halogens is 4. The maximum Gasteiger partial charge on any atom is 0.291 e. The average molecular weight is 556 g/mol. The lowest BCUT2D eigenvalue weighted by Crippen LogP contribution is -2.35. The van der Waals surface area contributed by atoms with Crippen LogP contribution in [0.15, 0.2) is 23.2 Å². The van der Waals surface area contributed by atoms with Gasteiger partial charge in [-0.2, -0.15) is 9.98 Å². The van der Waals surface area contributed by atoms with Crippen molar-refractivity contribution >= 4 is 61.1 Å². The maximum absolute atomic E-state index is 12.9. The number of nitriles is 1. The molecule has 1 fully saturated rings. The largest absolute Gasteiger partial charge is 0.310 e. The molecule has 3 aromatic heterocycles. The van der Waals surface area contributed by atoms with E-state index in [9.17, 15) is 17.2 Å². The first-order chi connectivity index (χ1) is 13.2. The van der Waals surface area contributed by atoms with Crippen molar-refractivity contribution in [3.05, 3.63) is 31.9 Å². The lowest BCUT2D eigenvalue weighted by molar-refractivity contribution is 0.150. The summed E-state index contributed by atoms with van der Waals surface area (Å²) in [5.74, 6) is 0. The number of hydrogen-bond donors (Lipinski definition) is 1. The fraction of sp³-hybridized carbons (Fsp3) is 0.267. The summed E-state index contributed by atoms with van der Waals surface area (Å²) < 4.78 is 55.8. The minimum Gasteiger partial charge on any atom is -0.310 e. The van der Waals surface area contributed by atoms with E-state index < -0.39 is 27.0 Å². The van der Waals surface area contributed by atoms with E-state index in [1.165, 1.54) is 16.7 Å². The summed E-state index contributed by atoms with van der Waals surface area (Å²) in [7, 11) is -4.01. The van der Waals surface area contributed by atoms with Crippen LogP contribution in [-0.2, 0) is 10.0 Å². The van der Waals surface area contributed by atoms with Crippen molar-refractivity contribution in [2.24, 2.45) is 0 Å². The number of hydrogen-bond acceptors (Lipinski definition) is 6. The molecule has 3 aromatic rings. The Morgan fingerprint density at radius 2 is 2.11 bits per heavy atom. The normalized spacial score (nSPS) is 15.9. The van der Waals surface area contributed by atoms with E-state index in [4.69, 9.17) is 16.9 Å². The van der Waals surface area contributed by atoms with Crippen molar-refractivity contribution in [3.8, 4) is 16.8 Å². The van der Waals surface area contributed by atoms with Crippen molar-refractivity contribution in [1.29, 1.82) is 5.26 Å². The van der Waals surface area contributed by atoms with Crippen LogP contribution in [0, 0.1) is 14.9 Å². The third-order valence-electron chi connectivity index (χ3n) is 4.19. The third-order valence-corrected chi connectivity index (χ3v) is 7.76. The van der Waals surface area contributed by atoms with E-state index in [0.29, 0.717) is 27.6 Å². The van der Waals surface area contributed by atoms with Crippen LogP contribution in [0.4, 0.5) is 8.78 Å². The predicted molar refractivity (Wildman–Crippen MR) is 107 cm³/mol. The molecular weight excluding hydrogens is 547 g/mol. The van der Waals surface area contributed by atoms with E-state index in [0.717, 1.165) is 11.3 Å². The lowest BCUT2D eigenvalue weighted by Gasteiger charge is -2.12. The Kier molecular flexibility index (Phi) is 4.86. The van der Waals surface area contributed by atoms with Crippen molar-refractivity contribution in [1.82, 2.24) is 19.3 Å². The van der Waals surface area contributed by atoms with Crippen molar-refractivity contribution in [2.75, 3.05) is 0 Å². The molecule has 3 heterocycles. The molecule has 146 valence electrons. The highest BCUT2D eigenvalue weighted by Gasteiger charge is 2.47. The number of pyridine rings is 1. The highest BCUT2D eigenvalue weighted by Crippen LogP contribution is 2.38. The van der Waals surface area contributed by atoms with E-state index in [-0.39, 0.29) is 14.9 Å². The van der Waals surface area contributed by atoms with Gasteiger partial charge in [-0.1, -0.05) is 22.9 Å². The molecule has 0 unspecified atom stereocenters. The smallest absolute Gasteiger partial charge is 0.291 e. The van der Waals surface area contributed by atoms with Crippen LogP contribution in [0.2, 0.25) is 5.02 Å². The molecular formula is C15H9ClF2IN5O2S2. The molecule has 1 N–H and O–H groups in total. The predicted octanol–water partition coefficient (Wildman–Crippen LogP) is 3.99. The van der Waals surface area contributed by atoms with Gasteiger partial charge in [0, 0.05) is 9.77 Å². The Morgan fingerprint density at radius 3 is 2.68 bits per heavy atom. The summed E-state index contributed by atoms with van der Waals surface area (Å²) in [4.78, 5) is -0.140. The zero-order valence-electron chi connectivity index (χ0n) is 13.7. The second kappa shape index (κ2) is 6.84. The monoisotopic (exact) mass is 555 g/mol. The Labute approximate surface area is 180 Å². The first kappa shape index (κ1) is 19.9. The maximum atomic E-state index is 12.9. The molecule has 0 amide bonds. The van der Waals surface area contributed by atoms with Gasteiger partial charge in [-0.3, -0.25) is 0 Å². The number of aromatic nitrogens is 3. The van der Waals surface area contributed by atoms with Gasteiger partial charge in [0.25, 0.3) is 6.43 Å². The molecule has 4 rings (SSSR count). The van der Waals surface area contributed by atoms with Gasteiger partial charge >= 0.3 is 0 Å². The summed E-state index contributed by atoms with van der Waals surface area (Å²) in [5, 5.41) is 16.4.